The number of carbonyl (C=O) groups is 1. The van der Waals surface area contributed by atoms with Gasteiger partial charge < -0.3 is 4.90 Å². The van der Waals surface area contributed by atoms with Crippen LogP contribution in [0.25, 0.3) is 10.8 Å². The minimum Gasteiger partial charge on any atom is -0.308 e. The van der Waals surface area contributed by atoms with Crippen LogP contribution in [-0.4, -0.2) is 12.5 Å². The van der Waals surface area contributed by atoms with E-state index >= 15 is 0 Å². The molecule has 0 atom stereocenters. The molecule has 0 saturated heterocycles. The number of hydrogen-bond donors (Lipinski definition) is 0. The summed E-state index contributed by atoms with van der Waals surface area (Å²) in [5.41, 5.74) is 2.57. The van der Waals surface area contributed by atoms with Gasteiger partial charge in [-0.15, -0.1) is 0 Å². The molecular formula is C26H21Cl2NO. The van der Waals surface area contributed by atoms with E-state index in [0.29, 0.717) is 22.2 Å². The monoisotopic (exact) mass is 433 g/mol. The lowest BCUT2D eigenvalue weighted by Gasteiger charge is -2.24. The molecule has 0 radical (unpaired) electrons. The molecule has 1 amide bonds. The molecule has 0 heterocycles. The Morgan fingerprint density at radius 3 is 2.27 bits per heavy atom. The Hall–Kier alpha value is -2.81. The SMILES string of the molecule is O=C(c1ccc(Cl)cc1Cl)N(CCCc1ccccc1)c1ccc2ccccc2c1. The smallest absolute Gasteiger partial charge is 0.259 e. The first-order chi connectivity index (χ1) is 14.6. The van der Waals surface area contributed by atoms with E-state index < -0.39 is 0 Å². The zero-order chi connectivity index (χ0) is 20.9. The highest BCUT2D eigenvalue weighted by Gasteiger charge is 2.20. The van der Waals surface area contributed by atoms with E-state index in [4.69, 9.17) is 23.2 Å². The van der Waals surface area contributed by atoms with Gasteiger partial charge in [0.15, 0.2) is 0 Å². The molecule has 4 rings (SSSR count). The standard InChI is InChI=1S/C26H21Cl2NO/c27-22-13-15-24(25(28)18-22)26(30)29(16-6-9-19-7-2-1-3-8-19)23-14-12-20-10-4-5-11-21(20)17-23/h1-5,7-8,10-15,17-18H,6,9,16H2. The van der Waals surface area contributed by atoms with Gasteiger partial charge in [0.25, 0.3) is 5.91 Å². The van der Waals surface area contributed by atoms with Crippen molar-refractivity contribution >= 4 is 45.6 Å². The zero-order valence-corrected chi connectivity index (χ0v) is 17.9. The lowest BCUT2D eigenvalue weighted by atomic mass is 10.1. The zero-order valence-electron chi connectivity index (χ0n) is 16.4. The molecule has 0 unspecified atom stereocenters. The predicted molar refractivity (Wildman–Crippen MR) is 127 cm³/mol. The van der Waals surface area contributed by atoms with Gasteiger partial charge in [-0.1, -0.05) is 83.9 Å². The number of rotatable bonds is 6. The summed E-state index contributed by atoms with van der Waals surface area (Å²) in [6.07, 6.45) is 1.74. The van der Waals surface area contributed by atoms with E-state index in [2.05, 4.69) is 30.3 Å². The Bertz CT molecular complexity index is 1170. The van der Waals surface area contributed by atoms with Gasteiger partial charge in [0, 0.05) is 17.3 Å². The van der Waals surface area contributed by atoms with E-state index in [9.17, 15) is 4.79 Å². The Morgan fingerprint density at radius 2 is 1.50 bits per heavy atom. The van der Waals surface area contributed by atoms with Crippen LogP contribution in [0.5, 0.6) is 0 Å². The van der Waals surface area contributed by atoms with Crippen LogP contribution in [0.1, 0.15) is 22.3 Å². The highest BCUT2D eigenvalue weighted by Crippen LogP contribution is 2.27. The van der Waals surface area contributed by atoms with Gasteiger partial charge in [-0.25, -0.2) is 0 Å². The minimum atomic E-state index is -0.125. The molecule has 0 aliphatic rings. The van der Waals surface area contributed by atoms with Crippen molar-refractivity contribution in [3.05, 3.63) is 112 Å². The third-order valence-electron chi connectivity index (χ3n) is 5.14. The van der Waals surface area contributed by atoms with Crippen LogP contribution in [0.4, 0.5) is 5.69 Å². The van der Waals surface area contributed by atoms with Crippen molar-refractivity contribution in [2.75, 3.05) is 11.4 Å². The van der Waals surface area contributed by atoms with Crippen molar-refractivity contribution in [2.45, 2.75) is 12.8 Å². The van der Waals surface area contributed by atoms with E-state index in [0.717, 1.165) is 29.3 Å². The fraction of sp³-hybridized carbons (Fsp3) is 0.115. The average Bonchev–Trinajstić information content (AvgIpc) is 2.77. The van der Waals surface area contributed by atoms with Crippen LogP contribution in [-0.2, 0) is 6.42 Å². The molecule has 4 heteroatoms. The van der Waals surface area contributed by atoms with Crippen molar-refractivity contribution in [3.63, 3.8) is 0 Å². The maximum absolute atomic E-state index is 13.5. The maximum atomic E-state index is 13.5. The molecule has 30 heavy (non-hydrogen) atoms. The van der Waals surface area contributed by atoms with Crippen molar-refractivity contribution < 1.29 is 4.79 Å². The first-order valence-electron chi connectivity index (χ1n) is 9.91. The molecule has 0 aliphatic heterocycles. The predicted octanol–water partition coefficient (Wildman–Crippen LogP) is 7.43. The summed E-state index contributed by atoms with van der Waals surface area (Å²) in [6.45, 7) is 0.588. The minimum absolute atomic E-state index is 0.125. The molecule has 2 nitrogen and oxygen atoms in total. The molecule has 4 aromatic carbocycles. The van der Waals surface area contributed by atoms with Gasteiger partial charge in [-0.2, -0.15) is 0 Å². The Morgan fingerprint density at radius 1 is 0.767 bits per heavy atom. The van der Waals surface area contributed by atoms with Crippen molar-refractivity contribution in [2.24, 2.45) is 0 Å². The number of benzene rings is 4. The molecule has 0 aliphatic carbocycles. The largest absolute Gasteiger partial charge is 0.308 e. The molecule has 0 N–H and O–H groups in total. The summed E-state index contributed by atoms with van der Waals surface area (Å²) >= 11 is 12.4. The lowest BCUT2D eigenvalue weighted by Crippen LogP contribution is -2.32. The number of fused-ring (bicyclic) bond motifs is 1. The molecule has 0 spiro atoms. The molecule has 0 bridgehead atoms. The summed E-state index contributed by atoms with van der Waals surface area (Å²) in [7, 11) is 0. The first-order valence-corrected chi connectivity index (χ1v) is 10.7. The van der Waals surface area contributed by atoms with Crippen LogP contribution >= 0.6 is 23.2 Å². The third-order valence-corrected chi connectivity index (χ3v) is 5.69. The molecular weight excluding hydrogens is 413 g/mol. The lowest BCUT2D eigenvalue weighted by molar-refractivity contribution is 0.0987. The Kier molecular flexibility index (Phi) is 6.37. The summed E-state index contributed by atoms with van der Waals surface area (Å²) in [5.74, 6) is -0.125. The average molecular weight is 434 g/mol. The summed E-state index contributed by atoms with van der Waals surface area (Å²) in [5, 5.41) is 3.11. The number of carbonyl (C=O) groups excluding carboxylic acids is 1. The molecule has 0 aromatic heterocycles. The van der Waals surface area contributed by atoms with E-state index in [1.54, 1.807) is 18.2 Å². The molecule has 150 valence electrons. The van der Waals surface area contributed by atoms with Gasteiger partial charge in [0.2, 0.25) is 0 Å². The fourth-order valence-corrected chi connectivity index (χ4v) is 4.08. The fourth-order valence-electron chi connectivity index (χ4n) is 3.59. The summed E-state index contributed by atoms with van der Waals surface area (Å²) < 4.78 is 0. The van der Waals surface area contributed by atoms with Crippen molar-refractivity contribution in [3.8, 4) is 0 Å². The number of hydrogen-bond acceptors (Lipinski definition) is 1. The van der Waals surface area contributed by atoms with Gasteiger partial charge in [0.1, 0.15) is 0 Å². The van der Waals surface area contributed by atoms with E-state index in [1.807, 2.05) is 47.4 Å². The highest BCUT2D eigenvalue weighted by atomic mass is 35.5. The number of aryl methyl sites for hydroxylation is 1. The summed E-state index contributed by atoms with van der Waals surface area (Å²) in [4.78, 5) is 15.3. The van der Waals surface area contributed by atoms with Crippen LogP contribution in [0.2, 0.25) is 10.0 Å². The second-order valence-electron chi connectivity index (χ2n) is 7.20. The normalized spacial score (nSPS) is 10.9. The topological polar surface area (TPSA) is 20.3 Å². The van der Waals surface area contributed by atoms with Crippen LogP contribution in [0.3, 0.4) is 0 Å². The number of amides is 1. The van der Waals surface area contributed by atoms with Crippen molar-refractivity contribution in [1.82, 2.24) is 0 Å². The second kappa shape index (κ2) is 9.34. The van der Waals surface area contributed by atoms with Crippen LogP contribution in [0.15, 0.2) is 91.0 Å². The van der Waals surface area contributed by atoms with Gasteiger partial charge in [-0.05, 0) is 59.5 Å². The number of anilines is 1. The quantitative estimate of drug-likeness (QED) is 0.309. The van der Waals surface area contributed by atoms with Gasteiger partial charge >= 0.3 is 0 Å². The van der Waals surface area contributed by atoms with Crippen LogP contribution < -0.4 is 4.90 Å². The second-order valence-corrected chi connectivity index (χ2v) is 8.05. The number of nitrogens with zero attached hydrogens (tertiary/aromatic N) is 1. The molecule has 0 fully saturated rings. The maximum Gasteiger partial charge on any atom is 0.259 e. The van der Waals surface area contributed by atoms with E-state index in [-0.39, 0.29) is 5.91 Å². The molecule has 0 saturated carbocycles. The Balaban J connectivity index is 1.64. The van der Waals surface area contributed by atoms with Gasteiger partial charge in [-0.3, -0.25) is 4.79 Å². The van der Waals surface area contributed by atoms with E-state index in [1.165, 1.54) is 5.56 Å². The highest BCUT2D eigenvalue weighted by molar-refractivity contribution is 6.37. The Labute approximate surface area is 186 Å². The molecule has 4 aromatic rings. The first kappa shape index (κ1) is 20.5. The number of halogens is 2. The van der Waals surface area contributed by atoms with Crippen LogP contribution in [0, 0.1) is 0 Å². The van der Waals surface area contributed by atoms with Gasteiger partial charge in [0.05, 0.1) is 10.6 Å². The summed E-state index contributed by atoms with van der Waals surface area (Å²) in [6, 6.07) is 29.5. The van der Waals surface area contributed by atoms with Crippen molar-refractivity contribution in [1.29, 1.82) is 0 Å². The third kappa shape index (κ3) is 4.67.